The second-order valence-corrected chi connectivity index (χ2v) is 7.32. The highest BCUT2D eigenvalue weighted by Gasteiger charge is 2.18. The molecule has 0 fully saturated rings. The van der Waals surface area contributed by atoms with Gasteiger partial charge in [-0.1, -0.05) is 42.5 Å². The van der Waals surface area contributed by atoms with E-state index in [1.165, 1.54) is 20.5 Å². The maximum absolute atomic E-state index is 12.2. The van der Waals surface area contributed by atoms with Crippen molar-refractivity contribution in [2.75, 3.05) is 14.2 Å². The van der Waals surface area contributed by atoms with Crippen molar-refractivity contribution in [3.8, 4) is 34.5 Å². The van der Waals surface area contributed by atoms with Crippen LogP contribution in [0.4, 0.5) is 0 Å². The Bertz CT molecular complexity index is 1300. The molecule has 0 aliphatic heterocycles. The fraction of sp³-hybridized carbons (Fsp3) is 0.0690. The molecule has 0 radical (unpaired) electrons. The van der Waals surface area contributed by atoms with E-state index < -0.39 is 5.97 Å². The Morgan fingerprint density at radius 3 is 1.80 bits per heavy atom. The smallest absolute Gasteiger partial charge is 0.341 e. The quantitative estimate of drug-likeness (QED) is 0.147. The minimum absolute atomic E-state index is 0.246. The number of methoxy groups -OCH3 is 2. The summed E-state index contributed by atoms with van der Waals surface area (Å²) in [5.74, 6) is 3.21. The lowest BCUT2D eigenvalue weighted by molar-refractivity contribution is -0.133. The van der Waals surface area contributed by atoms with E-state index in [4.69, 9.17) is 23.7 Å². The summed E-state index contributed by atoms with van der Waals surface area (Å²) in [6.07, 6.45) is 1.33. The molecular formula is C29H24O6. The average Bonchev–Trinajstić information content (AvgIpc) is 2.89. The molecule has 0 heterocycles. The van der Waals surface area contributed by atoms with Crippen LogP contribution in [0.25, 0.3) is 5.57 Å². The van der Waals surface area contributed by atoms with Gasteiger partial charge in [0.25, 0.3) is 0 Å². The second kappa shape index (κ2) is 11.4. The van der Waals surface area contributed by atoms with Gasteiger partial charge in [-0.05, 0) is 54.6 Å². The summed E-state index contributed by atoms with van der Waals surface area (Å²) in [7, 11) is 2.78. The fourth-order valence-corrected chi connectivity index (χ4v) is 3.29. The molecule has 6 heteroatoms. The van der Waals surface area contributed by atoms with Gasteiger partial charge in [0.05, 0.1) is 20.5 Å². The maximum Gasteiger partial charge on any atom is 0.341 e. The molecule has 0 atom stereocenters. The minimum atomic E-state index is -0.528. The zero-order chi connectivity index (χ0) is 24.5. The van der Waals surface area contributed by atoms with Crippen LogP contribution in [-0.2, 0) is 14.3 Å². The Balaban J connectivity index is 1.49. The Hall–Kier alpha value is -4.71. The summed E-state index contributed by atoms with van der Waals surface area (Å²) in [5.41, 5.74) is 0.789. The third-order valence-electron chi connectivity index (χ3n) is 4.89. The van der Waals surface area contributed by atoms with Crippen LogP contribution in [0.3, 0.4) is 0 Å². The summed E-state index contributed by atoms with van der Waals surface area (Å²) in [5, 5.41) is 0. The number of para-hydroxylation sites is 2. The number of hydrogen-bond donors (Lipinski definition) is 0. The molecule has 0 spiro atoms. The summed E-state index contributed by atoms with van der Waals surface area (Å²) >= 11 is 0. The summed E-state index contributed by atoms with van der Waals surface area (Å²) in [6.45, 7) is 0. The molecular weight excluding hydrogens is 444 g/mol. The van der Waals surface area contributed by atoms with Crippen molar-refractivity contribution in [1.82, 2.24) is 0 Å². The van der Waals surface area contributed by atoms with Gasteiger partial charge in [-0.2, -0.15) is 0 Å². The Morgan fingerprint density at radius 1 is 0.600 bits per heavy atom. The zero-order valence-electron chi connectivity index (χ0n) is 19.3. The SMILES string of the molecule is COC=C(C(=O)OC)c1ccccc1Oc1cccc(Oc2ccc(Oc3ccccc3)cc2)c1. The van der Waals surface area contributed by atoms with E-state index >= 15 is 0 Å². The van der Waals surface area contributed by atoms with Gasteiger partial charge in [0.2, 0.25) is 0 Å². The first-order valence-corrected chi connectivity index (χ1v) is 10.9. The Morgan fingerprint density at radius 2 is 1.14 bits per heavy atom. The van der Waals surface area contributed by atoms with Crippen molar-refractivity contribution in [1.29, 1.82) is 0 Å². The standard InChI is InChI=1S/C29H24O6/c1-31-20-27(29(30)32-2)26-13-6-7-14-28(26)35-25-12-8-11-24(19-25)34-23-17-15-22(16-18-23)33-21-9-4-3-5-10-21/h3-20H,1-2H3. The van der Waals surface area contributed by atoms with Crippen molar-refractivity contribution >= 4 is 11.5 Å². The molecule has 0 aliphatic carbocycles. The van der Waals surface area contributed by atoms with Gasteiger partial charge in [0.15, 0.2) is 0 Å². The van der Waals surface area contributed by atoms with E-state index in [1.54, 1.807) is 30.3 Å². The molecule has 0 saturated carbocycles. The highest BCUT2D eigenvalue weighted by molar-refractivity contribution is 6.17. The van der Waals surface area contributed by atoms with Crippen LogP contribution in [0.2, 0.25) is 0 Å². The minimum Gasteiger partial charge on any atom is -0.503 e. The lowest BCUT2D eigenvalue weighted by Crippen LogP contribution is -2.05. The van der Waals surface area contributed by atoms with Crippen molar-refractivity contribution in [3.63, 3.8) is 0 Å². The maximum atomic E-state index is 12.2. The van der Waals surface area contributed by atoms with Crippen LogP contribution in [-0.4, -0.2) is 20.2 Å². The van der Waals surface area contributed by atoms with Gasteiger partial charge < -0.3 is 23.7 Å². The number of hydrogen-bond acceptors (Lipinski definition) is 6. The predicted molar refractivity (Wildman–Crippen MR) is 133 cm³/mol. The van der Waals surface area contributed by atoms with Crippen LogP contribution >= 0.6 is 0 Å². The number of benzene rings is 4. The molecule has 4 rings (SSSR count). The zero-order valence-corrected chi connectivity index (χ0v) is 19.3. The summed E-state index contributed by atoms with van der Waals surface area (Å²) in [4.78, 5) is 12.2. The van der Waals surface area contributed by atoms with E-state index in [9.17, 15) is 4.79 Å². The molecule has 0 bridgehead atoms. The average molecular weight is 469 g/mol. The molecule has 0 saturated heterocycles. The van der Waals surface area contributed by atoms with Crippen LogP contribution in [0.5, 0.6) is 34.5 Å². The van der Waals surface area contributed by atoms with Crippen LogP contribution in [0.15, 0.2) is 109 Å². The van der Waals surface area contributed by atoms with E-state index in [1.807, 2.05) is 72.8 Å². The van der Waals surface area contributed by atoms with Crippen LogP contribution in [0.1, 0.15) is 5.56 Å². The molecule has 0 aromatic heterocycles. The lowest BCUT2D eigenvalue weighted by Gasteiger charge is -2.13. The normalized spacial score (nSPS) is 10.9. The number of esters is 1. The number of rotatable bonds is 9. The van der Waals surface area contributed by atoms with E-state index in [-0.39, 0.29) is 5.57 Å². The Labute approximate surface area is 203 Å². The molecule has 6 nitrogen and oxygen atoms in total. The highest BCUT2D eigenvalue weighted by Crippen LogP contribution is 2.34. The van der Waals surface area contributed by atoms with Crippen LogP contribution < -0.4 is 14.2 Å². The van der Waals surface area contributed by atoms with Gasteiger partial charge in [-0.25, -0.2) is 4.79 Å². The summed E-state index contributed by atoms with van der Waals surface area (Å²) in [6, 6.07) is 31.3. The molecule has 0 unspecified atom stereocenters. The van der Waals surface area contributed by atoms with E-state index in [2.05, 4.69) is 0 Å². The molecule has 35 heavy (non-hydrogen) atoms. The van der Waals surface area contributed by atoms with E-state index in [0.29, 0.717) is 34.3 Å². The predicted octanol–water partition coefficient (Wildman–Crippen LogP) is 7.22. The van der Waals surface area contributed by atoms with Crippen LogP contribution in [0, 0.1) is 0 Å². The number of ether oxygens (including phenoxy) is 5. The van der Waals surface area contributed by atoms with Crippen molar-refractivity contribution in [2.45, 2.75) is 0 Å². The number of carbonyl (C=O) groups is 1. The number of carbonyl (C=O) groups excluding carboxylic acids is 1. The third-order valence-corrected chi connectivity index (χ3v) is 4.89. The highest BCUT2D eigenvalue weighted by atomic mass is 16.5. The fourth-order valence-electron chi connectivity index (χ4n) is 3.29. The van der Waals surface area contributed by atoms with Gasteiger partial charge in [-0.15, -0.1) is 0 Å². The first-order chi connectivity index (χ1) is 17.2. The molecule has 4 aromatic carbocycles. The largest absolute Gasteiger partial charge is 0.503 e. The van der Waals surface area contributed by atoms with Gasteiger partial charge >= 0.3 is 5.97 Å². The Kier molecular flexibility index (Phi) is 7.66. The molecule has 4 aromatic rings. The topological polar surface area (TPSA) is 63.2 Å². The first kappa shape index (κ1) is 23.4. The molecule has 0 amide bonds. The molecule has 0 N–H and O–H groups in total. The van der Waals surface area contributed by atoms with Crippen molar-refractivity contribution < 1.29 is 28.5 Å². The third kappa shape index (κ3) is 6.21. The van der Waals surface area contributed by atoms with Gasteiger partial charge in [0, 0.05) is 11.6 Å². The second-order valence-electron chi connectivity index (χ2n) is 7.32. The monoisotopic (exact) mass is 468 g/mol. The molecule has 0 aliphatic rings. The molecule has 176 valence electrons. The first-order valence-electron chi connectivity index (χ1n) is 10.9. The van der Waals surface area contributed by atoms with Crippen molar-refractivity contribution in [3.05, 3.63) is 115 Å². The van der Waals surface area contributed by atoms with Gasteiger partial charge in [0.1, 0.15) is 40.1 Å². The van der Waals surface area contributed by atoms with E-state index in [0.717, 1.165) is 5.75 Å². The lowest BCUT2D eigenvalue weighted by atomic mass is 10.1. The van der Waals surface area contributed by atoms with Gasteiger partial charge in [-0.3, -0.25) is 0 Å². The van der Waals surface area contributed by atoms with Crippen molar-refractivity contribution in [2.24, 2.45) is 0 Å². The summed E-state index contributed by atoms with van der Waals surface area (Å²) < 4.78 is 27.8.